The van der Waals surface area contributed by atoms with Gasteiger partial charge in [0.05, 0.1) is 13.1 Å². The Balaban J connectivity index is 0.00000225. The van der Waals surface area contributed by atoms with Crippen LogP contribution in [0.2, 0.25) is 0 Å². The van der Waals surface area contributed by atoms with Crippen molar-refractivity contribution in [3.63, 3.8) is 0 Å². The third kappa shape index (κ3) is 6.19. The van der Waals surface area contributed by atoms with Crippen molar-refractivity contribution in [2.24, 2.45) is 4.99 Å². The SMILES string of the molecule is CCNC(=NCc1cccc(Cn2cccn2)c1)NC1CC=CC1.I. The van der Waals surface area contributed by atoms with Gasteiger partial charge >= 0.3 is 0 Å². The molecule has 25 heavy (non-hydrogen) atoms. The molecule has 0 saturated carbocycles. The summed E-state index contributed by atoms with van der Waals surface area (Å²) in [4.78, 5) is 4.73. The molecule has 1 heterocycles. The van der Waals surface area contributed by atoms with Crippen LogP contribution < -0.4 is 10.6 Å². The van der Waals surface area contributed by atoms with Gasteiger partial charge in [-0.15, -0.1) is 24.0 Å². The first-order chi connectivity index (χ1) is 11.8. The van der Waals surface area contributed by atoms with Gasteiger partial charge in [-0.1, -0.05) is 36.4 Å². The van der Waals surface area contributed by atoms with E-state index in [-0.39, 0.29) is 24.0 Å². The highest BCUT2D eigenvalue weighted by atomic mass is 127. The van der Waals surface area contributed by atoms with E-state index in [0.29, 0.717) is 12.6 Å². The first kappa shape index (κ1) is 19.5. The van der Waals surface area contributed by atoms with Gasteiger partial charge in [-0.25, -0.2) is 4.99 Å². The number of aromatic nitrogens is 2. The van der Waals surface area contributed by atoms with E-state index in [0.717, 1.165) is 31.9 Å². The molecule has 0 saturated heterocycles. The van der Waals surface area contributed by atoms with Crippen LogP contribution in [-0.2, 0) is 13.1 Å². The largest absolute Gasteiger partial charge is 0.357 e. The summed E-state index contributed by atoms with van der Waals surface area (Å²) >= 11 is 0. The van der Waals surface area contributed by atoms with E-state index in [9.17, 15) is 0 Å². The topological polar surface area (TPSA) is 54.2 Å². The molecule has 6 heteroatoms. The van der Waals surface area contributed by atoms with Crippen molar-refractivity contribution >= 4 is 29.9 Å². The predicted octanol–water partition coefficient (Wildman–Crippen LogP) is 3.32. The molecule has 0 radical (unpaired) electrons. The molecular weight excluding hydrogens is 425 g/mol. The number of hydrogen-bond donors (Lipinski definition) is 2. The Morgan fingerprint density at radius 2 is 2.04 bits per heavy atom. The van der Waals surface area contributed by atoms with Crippen molar-refractivity contribution in [3.8, 4) is 0 Å². The summed E-state index contributed by atoms with van der Waals surface area (Å²) in [6, 6.07) is 10.9. The van der Waals surface area contributed by atoms with E-state index in [4.69, 9.17) is 4.99 Å². The fourth-order valence-corrected chi connectivity index (χ4v) is 2.83. The van der Waals surface area contributed by atoms with E-state index in [2.05, 4.69) is 59.1 Å². The zero-order valence-electron chi connectivity index (χ0n) is 14.6. The van der Waals surface area contributed by atoms with Crippen LogP contribution in [0.1, 0.15) is 30.9 Å². The van der Waals surface area contributed by atoms with Gasteiger partial charge < -0.3 is 10.6 Å². The van der Waals surface area contributed by atoms with Crippen LogP contribution in [-0.4, -0.2) is 28.3 Å². The van der Waals surface area contributed by atoms with Crippen LogP contribution in [0.4, 0.5) is 0 Å². The summed E-state index contributed by atoms with van der Waals surface area (Å²) in [5, 5.41) is 11.1. The molecule has 1 aliphatic rings. The first-order valence-corrected chi connectivity index (χ1v) is 8.58. The molecule has 1 aromatic carbocycles. The lowest BCUT2D eigenvalue weighted by atomic mass is 10.1. The maximum Gasteiger partial charge on any atom is 0.191 e. The van der Waals surface area contributed by atoms with Gasteiger partial charge in [0.15, 0.2) is 5.96 Å². The Kier molecular flexibility index (Phi) is 7.97. The summed E-state index contributed by atoms with van der Waals surface area (Å²) in [6.45, 7) is 4.42. The second kappa shape index (κ2) is 10.2. The van der Waals surface area contributed by atoms with E-state index >= 15 is 0 Å². The number of benzene rings is 1. The van der Waals surface area contributed by atoms with Crippen LogP contribution in [0.25, 0.3) is 0 Å². The van der Waals surface area contributed by atoms with E-state index < -0.39 is 0 Å². The second-order valence-corrected chi connectivity index (χ2v) is 6.00. The monoisotopic (exact) mass is 451 g/mol. The molecule has 0 aliphatic heterocycles. The van der Waals surface area contributed by atoms with Crippen molar-refractivity contribution in [3.05, 3.63) is 66.0 Å². The summed E-state index contributed by atoms with van der Waals surface area (Å²) < 4.78 is 1.93. The van der Waals surface area contributed by atoms with Crippen molar-refractivity contribution in [1.29, 1.82) is 0 Å². The molecule has 5 nitrogen and oxygen atoms in total. The minimum Gasteiger partial charge on any atom is -0.357 e. The summed E-state index contributed by atoms with van der Waals surface area (Å²) in [5.74, 6) is 0.892. The highest BCUT2D eigenvalue weighted by molar-refractivity contribution is 14.0. The van der Waals surface area contributed by atoms with Crippen molar-refractivity contribution in [2.75, 3.05) is 6.54 Å². The van der Waals surface area contributed by atoms with Gasteiger partial charge in [0.25, 0.3) is 0 Å². The molecule has 0 bridgehead atoms. The Morgan fingerprint density at radius 3 is 2.76 bits per heavy atom. The van der Waals surface area contributed by atoms with Gasteiger partial charge in [-0.2, -0.15) is 5.10 Å². The third-order valence-corrected chi connectivity index (χ3v) is 4.01. The van der Waals surface area contributed by atoms with Crippen LogP contribution in [0, 0.1) is 0 Å². The molecule has 0 atom stereocenters. The van der Waals surface area contributed by atoms with Crippen LogP contribution in [0.5, 0.6) is 0 Å². The number of nitrogens with one attached hydrogen (secondary N) is 2. The standard InChI is InChI=1S/C19H25N5.HI/c1-2-20-19(23-18-9-3-4-10-18)21-14-16-7-5-8-17(13-16)15-24-12-6-11-22-24;/h3-8,11-13,18H,2,9-10,14-15H2,1H3,(H2,20,21,23);1H. The lowest BCUT2D eigenvalue weighted by Crippen LogP contribution is -2.42. The average molecular weight is 451 g/mol. The molecule has 0 fully saturated rings. The molecule has 0 spiro atoms. The van der Waals surface area contributed by atoms with Gasteiger partial charge in [0, 0.05) is 25.0 Å². The molecule has 0 unspecified atom stereocenters. The Morgan fingerprint density at radius 1 is 1.24 bits per heavy atom. The summed E-state index contributed by atoms with van der Waals surface area (Å²) in [5.41, 5.74) is 2.45. The van der Waals surface area contributed by atoms with Crippen molar-refractivity contribution in [1.82, 2.24) is 20.4 Å². The number of nitrogens with zero attached hydrogens (tertiary/aromatic N) is 3. The zero-order valence-corrected chi connectivity index (χ0v) is 16.9. The average Bonchev–Trinajstić information content (AvgIpc) is 3.27. The quantitative estimate of drug-likeness (QED) is 0.307. The molecule has 134 valence electrons. The molecule has 1 aromatic heterocycles. The Hall–Kier alpha value is -1.83. The lowest BCUT2D eigenvalue weighted by molar-refractivity contribution is 0.633. The number of hydrogen-bond acceptors (Lipinski definition) is 2. The number of halogens is 1. The minimum absolute atomic E-state index is 0. The fraction of sp³-hybridized carbons (Fsp3) is 0.368. The number of guanidine groups is 1. The smallest absolute Gasteiger partial charge is 0.191 e. The van der Waals surface area contributed by atoms with Crippen LogP contribution >= 0.6 is 24.0 Å². The predicted molar refractivity (Wildman–Crippen MR) is 113 cm³/mol. The molecule has 0 amide bonds. The summed E-state index contributed by atoms with van der Waals surface area (Å²) in [6.07, 6.45) is 10.4. The normalized spacial score (nSPS) is 14.4. The lowest BCUT2D eigenvalue weighted by Gasteiger charge is -2.16. The van der Waals surface area contributed by atoms with E-state index in [1.54, 1.807) is 6.20 Å². The third-order valence-electron chi connectivity index (χ3n) is 4.01. The van der Waals surface area contributed by atoms with E-state index in [1.807, 2.05) is 16.9 Å². The first-order valence-electron chi connectivity index (χ1n) is 8.58. The molecule has 2 N–H and O–H groups in total. The van der Waals surface area contributed by atoms with Crippen LogP contribution in [0.3, 0.4) is 0 Å². The summed E-state index contributed by atoms with van der Waals surface area (Å²) in [7, 11) is 0. The maximum atomic E-state index is 4.73. The Bertz CT molecular complexity index is 686. The molecule has 3 rings (SSSR count). The second-order valence-electron chi connectivity index (χ2n) is 6.00. The minimum atomic E-state index is 0. The zero-order chi connectivity index (χ0) is 16.6. The number of aliphatic imine (C=N–C) groups is 1. The van der Waals surface area contributed by atoms with Gasteiger partial charge in [0.1, 0.15) is 0 Å². The van der Waals surface area contributed by atoms with Gasteiger partial charge in [-0.3, -0.25) is 4.68 Å². The fourth-order valence-electron chi connectivity index (χ4n) is 2.83. The highest BCUT2D eigenvalue weighted by Gasteiger charge is 2.11. The highest BCUT2D eigenvalue weighted by Crippen LogP contribution is 2.10. The molecule has 2 aromatic rings. The number of rotatable bonds is 6. The van der Waals surface area contributed by atoms with Gasteiger partial charge in [-0.05, 0) is 37.0 Å². The van der Waals surface area contributed by atoms with Crippen molar-refractivity contribution < 1.29 is 0 Å². The van der Waals surface area contributed by atoms with Crippen LogP contribution in [0.15, 0.2) is 59.9 Å². The van der Waals surface area contributed by atoms with E-state index in [1.165, 1.54) is 11.1 Å². The molecular formula is C19H26IN5. The Labute approximate surface area is 166 Å². The van der Waals surface area contributed by atoms with Gasteiger partial charge in [0.2, 0.25) is 0 Å². The van der Waals surface area contributed by atoms with Crippen molar-refractivity contribution in [2.45, 2.75) is 38.9 Å². The maximum absolute atomic E-state index is 4.73. The molecule has 1 aliphatic carbocycles.